The van der Waals surface area contributed by atoms with Crippen molar-refractivity contribution in [3.8, 4) is 11.7 Å². The Labute approximate surface area is 129 Å². The molecule has 2 heterocycles. The highest BCUT2D eigenvalue weighted by Crippen LogP contribution is 2.17. The molecule has 0 aromatic carbocycles. The molecule has 0 saturated carbocycles. The molecule has 7 nitrogen and oxygen atoms in total. The number of rotatable bonds is 5. The molecule has 0 aliphatic rings. The fourth-order valence-electron chi connectivity index (χ4n) is 1.91. The summed E-state index contributed by atoms with van der Waals surface area (Å²) in [5.74, 6) is -0.202. The lowest BCUT2D eigenvalue weighted by Gasteiger charge is -2.09. The quantitative estimate of drug-likeness (QED) is 0.899. The molecule has 2 aromatic rings. The molecule has 0 spiro atoms. The minimum absolute atomic E-state index is 0.0642. The van der Waals surface area contributed by atoms with Crippen LogP contribution in [0.15, 0.2) is 18.3 Å². The molecule has 0 atom stereocenters. The van der Waals surface area contributed by atoms with Gasteiger partial charge in [0, 0.05) is 6.07 Å². The number of alkyl halides is 3. The number of hydrogen-bond acceptors (Lipinski definition) is 5. The van der Waals surface area contributed by atoms with E-state index in [1.54, 1.807) is 19.1 Å². The molecule has 1 N–H and O–H groups in total. The number of amides is 1. The van der Waals surface area contributed by atoms with Crippen molar-refractivity contribution in [2.45, 2.75) is 19.5 Å². The van der Waals surface area contributed by atoms with Crippen LogP contribution in [0.4, 0.5) is 13.2 Å². The summed E-state index contributed by atoms with van der Waals surface area (Å²) in [7, 11) is 1.44. The van der Waals surface area contributed by atoms with Gasteiger partial charge >= 0.3 is 6.18 Å². The predicted molar refractivity (Wildman–Crippen MR) is 73.5 cm³/mol. The second kappa shape index (κ2) is 6.63. The summed E-state index contributed by atoms with van der Waals surface area (Å²) in [6.45, 7) is 0.355. The summed E-state index contributed by atoms with van der Waals surface area (Å²) < 4.78 is 42.8. The van der Waals surface area contributed by atoms with Gasteiger partial charge in [-0.05, 0) is 12.5 Å². The lowest BCUT2D eigenvalue weighted by molar-refractivity contribution is -0.123. The number of carbonyl (C=O) groups excluding carboxylic acids is 1. The maximum atomic E-state index is 12.2. The molecule has 0 aliphatic carbocycles. The summed E-state index contributed by atoms with van der Waals surface area (Å²) in [5, 5.41) is 13.5. The maximum absolute atomic E-state index is 12.2. The number of ether oxygens (including phenoxy) is 1. The van der Waals surface area contributed by atoms with Gasteiger partial charge in [-0.25, -0.2) is 4.68 Å². The normalized spacial score (nSPS) is 11.3. The molecule has 10 heteroatoms. The smallest absolute Gasteiger partial charge is 0.405 e. The molecule has 23 heavy (non-hydrogen) atoms. The highest BCUT2D eigenvalue weighted by molar-refractivity contribution is 5.95. The molecule has 0 unspecified atom stereocenters. The SMILES string of the molecule is CCc1c(C(=O)NCC(F)(F)F)cnn1-c1ccc(OC)nn1. The van der Waals surface area contributed by atoms with Crippen molar-refractivity contribution < 1.29 is 22.7 Å². The number of carbonyl (C=O) groups is 1. The third-order valence-electron chi connectivity index (χ3n) is 2.95. The zero-order valence-corrected chi connectivity index (χ0v) is 12.4. The van der Waals surface area contributed by atoms with E-state index in [0.717, 1.165) is 0 Å². The van der Waals surface area contributed by atoms with E-state index < -0.39 is 18.6 Å². The third-order valence-corrected chi connectivity index (χ3v) is 2.95. The van der Waals surface area contributed by atoms with Gasteiger partial charge in [0.05, 0.1) is 24.6 Å². The molecule has 0 bridgehead atoms. The lowest BCUT2D eigenvalue weighted by atomic mass is 10.2. The van der Waals surface area contributed by atoms with E-state index in [0.29, 0.717) is 23.8 Å². The Balaban J connectivity index is 2.26. The fraction of sp³-hybridized carbons (Fsp3) is 0.385. The zero-order chi connectivity index (χ0) is 17.0. The first-order valence-corrected chi connectivity index (χ1v) is 6.65. The van der Waals surface area contributed by atoms with Crippen LogP contribution in [0.5, 0.6) is 5.88 Å². The number of nitrogens with one attached hydrogen (secondary N) is 1. The average Bonchev–Trinajstić information content (AvgIpc) is 2.96. The van der Waals surface area contributed by atoms with Crippen molar-refractivity contribution in [2.75, 3.05) is 13.7 Å². The van der Waals surface area contributed by atoms with Crippen LogP contribution in [0.2, 0.25) is 0 Å². The summed E-state index contributed by atoms with van der Waals surface area (Å²) in [4.78, 5) is 11.9. The second-order valence-electron chi connectivity index (χ2n) is 4.50. The van der Waals surface area contributed by atoms with Crippen LogP contribution in [0.25, 0.3) is 5.82 Å². The van der Waals surface area contributed by atoms with Gasteiger partial charge in [-0.2, -0.15) is 18.3 Å². The summed E-state index contributed by atoms with van der Waals surface area (Å²) in [6, 6.07) is 3.14. The summed E-state index contributed by atoms with van der Waals surface area (Å²) >= 11 is 0. The number of methoxy groups -OCH3 is 1. The molecule has 0 saturated heterocycles. The second-order valence-corrected chi connectivity index (χ2v) is 4.50. The van der Waals surface area contributed by atoms with Gasteiger partial charge in [0.25, 0.3) is 5.91 Å². The van der Waals surface area contributed by atoms with E-state index in [-0.39, 0.29) is 5.56 Å². The van der Waals surface area contributed by atoms with Crippen molar-refractivity contribution in [2.24, 2.45) is 0 Å². The molecule has 124 valence electrons. The monoisotopic (exact) mass is 329 g/mol. The van der Waals surface area contributed by atoms with Crippen LogP contribution in [-0.4, -0.2) is 45.7 Å². The van der Waals surface area contributed by atoms with Crippen molar-refractivity contribution in [3.63, 3.8) is 0 Å². The van der Waals surface area contributed by atoms with Crippen LogP contribution < -0.4 is 10.1 Å². The zero-order valence-electron chi connectivity index (χ0n) is 12.4. The number of aromatic nitrogens is 4. The number of hydrogen-bond donors (Lipinski definition) is 1. The Morgan fingerprint density at radius 1 is 1.35 bits per heavy atom. The summed E-state index contributed by atoms with van der Waals surface area (Å²) in [6.07, 6.45) is -2.89. The van der Waals surface area contributed by atoms with E-state index in [1.165, 1.54) is 18.0 Å². The lowest BCUT2D eigenvalue weighted by Crippen LogP contribution is -2.34. The molecular formula is C13H14F3N5O2. The van der Waals surface area contributed by atoms with Gasteiger partial charge in [-0.15, -0.1) is 10.2 Å². The first-order chi connectivity index (χ1) is 10.9. The van der Waals surface area contributed by atoms with Crippen molar-refractivity contribution in [1.82, 2.24) is 25.3 Å². The number of halogens is 3. The molecule has 0 radical (unpaired) electrons. The molecule has 1 amide bonds. The first-order valence-electron chi connectivity index (χ1n) is 6.65. The van der Waals surface area contributed by atoms with Gasteiger partial charge in [0.2, 0.25) is 5.88 Å². The van der Waals surface area contributed by atoms with E-state index in [2.05, 4.69) is 15.3 Å². The molecule has 2 rings (SSSR count). The maximum Gasteiger partial charge on any atom is 0.405 e. The first kappa shape index (κ1) is 16.7. The van der Waals surface area contributed by atoms with Crippen LogP contribution in [0, 0.1) is 0 Å². The van der Waals surface area contributed by atoms with E-state index in [1.807, 2.05) is 5.32 Å². The largest absolute Gasteiger partial charge is 0.480 e. The molecule has 0 fully saturated rings. The Hall–Kier alpha value is -2.65. The highest BCUT2D eigenvalue weighted by Gasteiger charge is 2.29. The van der Waals surface area contributed by atoms with Crippen molar-refractivity contribution >= 4 is 5.91 Å². The average molecular weight is 329 g/mol. The number of nitrogens with zero attached hydrogens (tertiary/aromatic N) is 4. The minimum atomic E-state index is -4.47. The minimum Gasteiger partial charge on any atom is -0.480 e. The van der Waals surface area contributed by atoms with Gasteiger partial charge in [-0.3, -0.25) is 4.79 Å². The molecule has 0 aliphatic heterocycles. The van der Waals surface area contributed by atoms with Crippen LogP contribution in [-0.2, 0) is 6.42 Å². The Morgan fingerprint density at radius 2 is 2.09 bits per heavy atom. The van der Waals surface area contributed by atoms with Crippen LogP contribution in [0.1, 0.15) is 23.0 Å². The van der Waals surface area contributed by atoms with E-state index in [9.17, 15) is 18.0 Å². The topological polar surface area (TPSA) is 81.9 Å². The Kier molecular flexibility index (Phi) is 4.82. The van der Waals surface area contributed by atoms with E-state index in [4.69, 9.17) is 4.74 Å². The van der Waals surface area contributed by atoms with Crippen LogP contribution >= 0.6 is 0 Å². The van der Waals surface area contributed by atoms with Gasteiger partial charge in [0.1, 0.15) is 6.54 Å². The predicted octanol–water partition coefficient (Wildman–Crippen LogP) is 1.53. The van der Waals surface area contributed by atoms with Crippen molar-refractivity contribution in [3.05, 3.63) is 29.6 Å². The Morgan fingerprint density at radius 3 is 2.61 bits per heavy atom. The molecular weight excluding hydrogens is 315 g/mol. The third kappa shape index (κ3) is 3.96. The molecule has 2 aromatic heterocycles. The highest BCUT2D eigenvalue weighted by atomic mass is 19.4. The fourth-order valence-corrected chi connectivity index (χ4v) is 1.91. The van der Waals surface area contributed by atoms with Gasteiger partial charge < -0.3 is 10.1 Å². The van der Waals surface area contributed by atoms with Gasteiger partial charge in [0.15, 0.2) is 5.82 Å². The summed E-state index contributed by atoms with van der Waals surface area (Å²) in [5.41, 5.74) is 0.499. The van der Waals surface area contributed by atoms with Crippen LogP contribution in [0.3, 0.4) is 0 Å². The van der Waals surface area contributed by atoms with E-state index >= 15 is 0 Å². The van der Waals surface area contributed by atoms with Gasteiger partial charge in [-0.1, -0.05) is 6.92 Å². The standard InChI is InChI=1S/C13H14F3N5O2/c1-3-9-8(12(22)17-7-13(14,15)16)6-18-21(9)10-4-5-11(23-2)20-19-10/h4-6H,3,7H2,1-2H3,(H,17,22). The van der Waals surface area contributed by atoms with Crippen molar-refractivity contribution in [1.29, 1.82) is 0 Å². The Bertz CT molecular complexity index is 682.